The van der Waals surface area contributed by atoms with Gasteiger partial charge in [0.25, 0.3) is 11.6 Å². The molecule has 2 aromatic carbocycles. The standard InChI is InChI=1S/C21H16N4O6/c26-20(23-14-1-4-16(5-2-14)31-17-7-9-22-10-8-17)12-24-18-11-15(25(28)29)3-6-19(18)30-13-21(24)27/h1-11H,12-13H2,(H,23,26). The number of nitrogens with zero attached hydrogens (tertiary/aromatic N) is 3. The molecular weight excluding hydrogens is 404 g/mol. The Bertz CT molecular complexity index is 1130. The van der Waals surface area contributed by atoms with E-state index in [1.54, 1.807) is 48.8 Å². The minimum absolute atomic E-state index is 0.182. The van der Waals surface area contributed by atoms with Gasteiger partial charge < -0.3 is 14.8 Å². The fourth-order valence-corrected chi connectivity index (χ4v) is 2.97. The summed E-state index contributed by atoms with van der Waals surface area (Å²) in [7, 11) is 0. The van der Waals surface area contributed by atoms with Crippen molar-refractivity contribution < 1.29 is 24.0 Å². The maximum absolute atomic E-state index is 12.5. The lowest BCUT2D eigenvalue weighted by Gasteiger charge is -2.28. The lowest BCUT2D eigenvalue weighted by molar-refractivity contribution is -0.384. The van der Waals surface area contributed by atoms with Crippen LogP contribution < -0.4 is 19.7 Å². The predicted molar refractivity (Wildman–Crippen MR) is 110 cm³/mol. The van der Waals surface area contributed by atoms with Gasteiger partial charge in [0.2, 0.25) is 5.91 Å². The summed E-state index contributed by atoms with van der Waals surface area (Å²) in [6.45, 7) is -0.565. The van der Waals surface area contributed by atoms with Crippen molar-refractivity contribution in [1.82, 2.24) is 4.98 Å². The Morgan fingerprint density at radius 2 is 1.84 bits per heavy atom. The van der Waals surface area contributed by atoms with E-state index in [1.807, 2.05) is 0 Å². The second-order valence-electron chi connectivity index (χ2n) is 6.54. The molecule has 4 rings (SSSR count). The second kappa shape index (κ2) is 8.49. The number of benzene rings is 2. The number of nitro groups is 1. The minimum Gasteiger partial charge on any atom is -0.482 e. The number of ether oxygens (including phenoxy) is 2. The third kappa shape index (κ3) is 4.58. The van der Waals surface area contributed by atoms with Gasteiger partial charge in [-0.2, -0.15) is 0 Å². The SMILES string of the molecule is O=C(CN1C(=O)COc2ccc([N+](=O)[O-])cc21)Nc1ccc(Oc2ccncc2)cc1. The molecular formula is C21H16N4O6. The molecule has 0 saturated heterocycles. The highest BCUT2D eigenvalue weighted by Crippen LogP contribution is 2.35. The first-order valence-corrected chi connectivity index (χ1v) is 9.19. The predicted octanol–water partition coefficient (Wildman–Crippen LogP) is 3.15. The molecule has 1 aromatic heterocycles. The topological polar surface area (TPSA) is 124 Å². The van der Waals surface area contributed by atoms with Gasteiger partial charge in [0, 0.05) is 30.2 Å². The number of non-ortho nitro benzene ring substituents is 1. The summed E-state index contributed by atoms with van der Waals surface area (Å²) in [5.74, 6) is 0.578. The number of nitrogens with one attached hydrogen (secondary N) is 1. The summed E-state index contributed by atoms with van der Waals surface area (Å²) >= 11 is 0. The summed E-state index contributed by atoms with van der Waals surface area (Å²) < 4.78 is 11.0. The van der Waals surface area contributed by atoms with Crippen LogP contribution in [0.5, 0.6) is 17.2 Å². The van der Waals surface area contributed by atoms with Gasteiger partial charge in [-0.25, -0.2) is 0 Å². The van der Waals surface area contributed by atoms with E-state index in [1.165, 1.54) is 23.1 Å². The molecule has 10 heteroatoms. The van der Waals surface area contributed by atoms with Crippen LogP contribution in [0.15, 0.2) is 67.0 Å². The van der Waals surface area contributed by atoms with Gasteiger partial charge in [0.05, 0.1) is 10.6 Å². The Kier molecular flexibility index (Phi) is 5.43. The number of carbonyl (C=O) groups is 2. The molecule has 156 valence electrons. The molecule has 31 heavy (non-hydrogen) atoms. The highest BCUT2D eigenvalue weighted by Gasteiger charge is 2.29. The summed E-state index contributed by atoms with van der Waals surface area (Å²) in [4.78, 5) is 40.3. The molecule has 0 saturated carbocycles. The van der Waals surface area contributed by atoms with Gasteiger partial charge in [-0.15, -0.1) is 0 Å². The number of anilines is 2. The van der Waals surface area contributed by atoms with E-state index in [2.05, 4.69) is 10.3 Å². The monoisotopic (exact) mass is 420 g/mol. The normalized spacial score (nSPS) is 12.5. The van der Waals surface area contributed by atoms with Crippen LogP contribution >= 0.6 is 0 Å². The summed E-state index contributed by atoms with van der Waals surface area (Å²) in [5, 5.41) is 13.7. The third-order valence-corrected chi connectivity index (χ3v) is 4.42. The van der Waals surface area contributed by atoms with Gasteiger partial charge in [0.15, 0.2) is 6.61 Å². The number of fused-ring (bicyclic) bond motifs is 1. The van der Waals surface area contributed by atoms with Crippen molar-refractivity contribution >= 4 is 28.9 Å². The maximum atomic E-state index is 12.5. The van der Waals surface area contributed by atoms with E-state index in [-0.39, 0.29) is 24.5 Å². The average Bonchev–Trinajstić information content (AvgIpc) is 2.77. The van der Waals surface area contributed by atoms with Crippen molar-refractivity contribution in [1.29, 1.82) is 0 Å². The van der Waals surface area contributed by atoms with Crippen molar-refractivity contribution in [3.63, 3.8) is 0 Å². The molecule has 0 bridgehead atoms. The van der Waals surface area contributed by atoms with Crippen molar-refractivity contribution in [2.75, 3.05) is 23.4 Å². The Balaban J connectivity index is 1.43. The highest BCUT2D eigenvalue weighted by molar-refractivity contribution is 6.05. The Hall–Kier alpha value is -4.47. The third-order valence-electron chi connectivity index (χ3n) is 4.42. The zero-order valence-corrected chi connectivity index (χ0v) is 16.1. The fraction of sp³-hybridized carbons (Fsp3) is 0.0952. The van der Waals surface area contributed by atoms with E-state index in [0.717, 1.165) is 0 Å². The molecule has 10 nitrogen and oxygen atoms in total. The van der Waals surface area contributed by atoms with Crippen LogP contribution in [-0.4, -0.2) is 34.9 Å². The van der Waals surface area contributed by atoms with Crippen LogP contribution in [-0.2, 0) is 9.59 Å². The lowest BCUT2D eigenvalue weighted by atomic mass is 10.2. The molecule has 0 radical (unpaired) electrons. The zero-order valence-electron chi connectivity index (χ0n) is 16.1. The molecule has 3 aromatic rings. The number of carbonyl (C=O) groups excluding carboxylic acids is 2. The van der Waals surface area contributed by atoms with Gasteiger partial charge in [-0.1, -0.05) is 0 Å². The second-order valence-corrected chi connectivity index (χ2v) is 6.54. The molecule has 0 atom stereocenters. The number of hydrogen-bond acceptors (Lipinski definition) is 7. The van der Waals surface area contributed by atoms with E-state index >= 15 is 0 Å². The first kappa shape index (κ1) is 19.8. The van der Waals surface area contributed by atoms with Crippen LogP contribution in [0.3, 0.4) is 0 Å². The molecule has 0 fully saturated rings. The molecule has 1 N–H and O–H groups in total. The van der Waals surface area contributed by atoms with Crippen molar-refractivity contribution in [2.24, 2.45) is 0 Å². The van der Waals surface area contributed by atoms with Crippen molar-refractivity contribution in [3.8, 4) is 17.2 Å². The molecule has 1 aliphatic rings. The van der Waals surface area contributed by atoms with Crippen LogP contribution in [0, 0.1) is 10.1 Å². The quantitative estimate of drug-likeness (QED) is 0.480. The van der Waals surface area contributed by atoms with E-state index < -0.39 is 16.7 Å². The van der Waals surface area contributed by atoms with Gasteiger partial charge in [0.1, 0.15) is 23.8 Å². The number of hydrogen-bond donors (Lipinski definition) is 1. The van der Waals surface area contributed by atoms with Gasteiger partial charge in [-0.3, -0.25) is 29.6 Å². The van der Waals surface area contributed by atoms with E-state index in [0.29, 0.717) is 22.9 Å². The van der Waals surface area contributed by atoms with Crippen molar-refractivity contribution in [3.05, 3.63) is 77.1 Å². The van der Waals surface area contributed by atoms with E-state index in [4.69, 9.17) is 9.47 Å². The maximum Gasteiger partial charge on any atom is 0.271 e. The number of nitro benzene ring substituents is 1. The van der Waals surface area contributed by atoms with Crippen LogP contribution in [0.4, 0.5) is 17.1 Å². The number of amides is 2. The summed E-state index contributed by atoms with van der Waals surface area (Å²) in [5.41, 5.74) is 0.487. The molecule has 0 unspecified atom stereocenters. The summed E-state index contributed by atoms with van der Waals surface area (Å²) in [6.07, 6.45) is 3.23. The first-order chi connectivity index (χ1) is 15.0. The van der Waals surface area contributed by atoms with E-state index in [9.17, 15) is 19.7 Å². The van der Waals surface area contributed by atoms with Crippen LogP contribution in [0.25, 0.3) is 0 Å². The molecule has 1 aliphatic heterocycles. The minimum atomic E-state index is -0.576. The molecule has 0 aliphatic carbocycles. The Morgan fingerprint density at radius 3 is 2.55 bits per heavy atom. The lowest BCUT2D eigenvalue weighted by Crippen LogP contribution is -2.43. The number of aromatic nitrogens is 1. The van der Waals surface area contributed by atoms with Gasteiger partial charge >= 0.3 is 0 Å². The highest BCUT2D eigenvalue weighted by atomic mass is 16.6. The van der Waals surface area contributed by atoms with Crippen LogP contribution in [0.2, 0.25) is 0 Å². The molecule has 2 heterocycles. The Labute approximate surface area is 176 Å². The van der Waals surface area contributed by atoms with Crippen molar-refractivity contribution in [2.45, 2.75) is 0 Å². The average molecular weight is 420 g/mol. The zero-order chi connectivity index (χ0) is 21.8. The summed E-state index contributed by atoms with van der Waals surface area (Å²) in [6, 6.07) is 14.0. The first-order valence-electron chi connectivity index (χ1n) is 9.19. The molecule has 0 spiro atoms. The molecule has 2 amide bonds. The number of rotatable bonds is 6. The largest absolute Gasteiger partial charge is 0.482 e. The van der Waals surface area contributed by atoms with Crippen LogP contribution in [0.1, 0.15) is 0 Å². The number of pyridine rings is 1. The van der Waals surface area contributed by atoms with Gasteiger partial charge in [-0.05, 0) is 42.5 Å². The Morgan fingerprint density at radius 1 is 1.13 bits per heavy atom. The fourth-order valence-electron chi connectivity index (χ4n) is 2.97. The smallest absolute Gasteiger partial charge is 0.271 e.